The molecule has 0 bridgehead atoms. The molecule has 38 heavy (non-hydrogen) atoms. The monoisotopic (exact) mass is 494 g/mol. The Morgan fingerprint density at radius 3 is 1.18 bits per heavy atom. The van der Waals surface area contributed by atoms with Gasteiger partial charge in [0.2, 0.25) is 0 Å². The first kappa shape index (κ1) is 24.1. The Kier molecular flexibility index (Phi) is 6.29. The molecule has 0 aromatic heterocycles. The molecule has 0 N–H and O–H groups in total. The maximum atomic E-state index is 7.77. The average Bonchev–Trinajstić information content (AvgIpc) is 3.03. The molecular formula is C36H30O2. The number of hydrogen-bond donors (Lipinski definition) is 0. The van der Waals surface area contributed by atoms with Crippen molar-refractivity contribution in [3.05, 3.63) is 192 Å². The van der Waals surface area contributed by atoms with Crippen LogP contribution in [0.1, 0.15) is 27.8 Å². The summed E-state index contributed by atoms with van der Waals surface area (Å²) in [6.45, 7) is 4.68. The van der Waals surface area contributed by atoms with E-state index in [1.54, 1.807) is 0 Å². The van der Waals surface area contributed by atoms with Gasteiger partial charge in [-0.25, -0.2) is 0 Å². The summed E-state index contributed by atoms with van der Waals surface area (Å²) in [5.74, 6) is 0. The minimum atomic E-state index is -1.07. The molecule has 0 saturated carbocycles. The number of hydrogen-bond acceptors (Lipinski definition) is 2. The van der Waals surface area contributed by atoms with Crippen LogP contribution in [0.2, 0.25) is 0 Å². The summed E-state index contributed by atoms with van der Waals surface area (Å²) < 4.78 is 15.0. The molecule has 5 aromatic rings. The molecule has 0 aliphatic carbocycles. The van der Waals surface area contributed by atoms with Gasteiger partial charge in [0, 0.05) is 0 Å². The fraction of sp³-hybridized carbons (Fsp3) is 0.111. The molecule has 1 heterocycles. The molecule has 1 atom stereocenters. The van der Waals surface area contributed by atoms with Crippen molar-refractivity contribution >= 4 is 0 Å². The van der Waals surface area contributed by atoms with Crippen molar-refractivity contribution in [1.82, 2.24) is 0 Å². The van der Waals surface area contributed by atoms with Crippen molar-refractivity contribution in [2.45, 2.75) is 16.8 Å². The maximum absolute atomic E-state index is 7.77. The van der Waals surface area contributed by atoms with Crippen molar-refractivity contribution in [3.63, 3.8) is 0 Å². The third-order valence-corrected chi connectivity index (χ3v) is 7.68. The summed E-state index contributed by atoms with van der Waals surface area (Å²) in [5.41, 5.74) is 2.08. The molecular weight excluding hydrogens is 464 g/mol. The largest absolute Gasteiger partial charge is 0.359 e. The summed E-state index contributed by atoms with van der Waals surface area (Å²) in [7, 11) is 0. The second-order valence-corrected chi connectivity index (χ2v) is 9.67. The van der Waals surface area contributed by atoms with E-state index in [2.05, 4.69) is 116 Å². The van der Waals surface area contributed by atoms with Crippen molar-refractivity contribution in [3.8, 4) is 0 Å². The normalized spacial score (nSPS) is 19.9. The van der Waals surface area contributed by atoms with Crippen LogP contribution in [0.3, 0.4) is 0 Å². The van der Waals surface area contributed by atoms with Crippen LogP contribution in [-0.4, -0.2) is 6.61 Å². The lowest BCUT2D eigenvalue weighted by Gasteiger charge is -2.58. The van der Waals surface area contributed by atoms with Crippen LogP contribution in [0.4, 0.5) is 0 Å². The van der Waals surface area contributed by atoms with E-state index in [1.165, 1.54) is 0 Å². The molecule has 1 aliphatic rings. The van der Waals surface area contributed by atoms with E-state index < -0.39 is 16.8 Å². The summed E-state index contributed by atoms with van der Waals surface area (Å²) in [6.07, 6.45) is 1.92. The predicted molar refractivity (Wildman–Crippen MR) is 153 cm³/mol. The number of ether oxygens (including phenoxy) is 2. The summed E-state index contributed by atoms with van der Waals surface area (Å²) in [6, 6.07) is 51.9. The van der Waals surface area contributed by atoms with Crippen molar-refractivity contribution < 1.29 is 9.47 Å². The Labute approximate surface area is 224 Å². The van der Waals surface area contributed by atoms with E-state index in [4.69, 9.17) is 9.47 Å². The molecule has 2 heteroatoms. The van der Waals surface area contributed by atoms with Gasteiger partial charge in [0.25, 0.3) is 0 Å². The Bertz CT molecular complexity index is 1400. The Balaban J connectivity index is 1.73. The van der Waals surface area contributed by atoms with Crippen LogP contribution in [0.5, 0.6) is 0 Å². The van der Waals surface area contributed by atoms with Crippen LogP contribution in [0.25, 0.3) is 0 Å². The molecule has 186 valence electrons. The highest BCUT2D eigenvalue weighted by Gasteiger charge is 2.63. The van der Waals surface area contributed by atoms with Gasteiger partial charge in [-0.2, -0.15) is 0 Å². The molecule has 1 unspecified atom stereocenters. The second-order valence-electron chi connectivity index (χ2n) is 9.67. The zero-order valence-corrected chi connectivity index (χ0v) is 21.2. The smallest absolute Gasteiger partial charge is 0.156 e. The van der Waals surface area contributed by atoms with Gasteiger partial charge in [0.1, 0.15) is 11.2 Å². The third kappa shape index (κ3) is 3.65. The van der Waals surface area contributed by atoms with E-state index in [1.807, 2.05) is 48.5 Å². The molecule has 0 amide bonds. The molecule has 6 rings (SSSR count). The quantitative estimate of drug-likeness (QED) is 0.223. The van der Waals surface area contributed by atoms with Crippen molar-refractivity contribution in [1.29, 1.82) is 0 Å². The minimum Gasteiger partial charge on any atom is -0.359 e. The van der Waals surface area contributed by atoms with Crippen LogP contribution in [0, 0.1) is 0 Å². The van der Waals surface area contributed by atoms with Crippen LogP contribution in [-0.2, 0) is 26.3 Å². The number of rotatable bonds is 6. The van der Waals surface area contributed by atoms with Gasteiger partial charge < -0.3 is 9.47 Å². The van der Waals surface area contributed by atoms with E-state index in [0.717, 1.165) is 27.8 Å². The van der Waals surface area contributed by atoms with Gasteiger partial charge in [-0.15, -0.1) is 0 Å². The first-order valence-electron chi connectivity index (χ1n) is 13.0. The van der Waals surface area contributed by atoms with E-state index in [9.17, 15) is 0 Å². The van der Waals surface area contributed by atoms with Gasteiger partial charge >= 0.3 is 0 Å². The Hall–Kier alpha value is -4.24. The lowest BCUT2D eigenvalue weighted by atomic mass is 9.67. The Morgan fingerprint density at radius 1 is 0.474 bits per heavy atom. The predicted octanol–water partition coefficient (Wildman–Crippen LogP) is 8.00. The van der Waals surface area contributed by atoms with Gasteiger partial charge in [0.15, 0.2) is 5.60 Å². The van der Waals surface area contributed by atoms with Crippen molar-refractivity contribution in [2.24, 2.45) is 0 Å². The zero-order chi connectivity index (χ0) is 25.9. The summed E-state index contributed by atoms with van der Waals surface area (Å²) >= 11 is 0. The van der Waals surface area contributed by atoms with Crippen LogP contribution >= 0.6 is 0 Å². The van der Waals surface area contributed by atoms with Crippen LogP contribution < -0.4 is 0 Å². The SMILES string of the molecule is C=CC1(c2ccccc2)OCC(c2ccccc2)(c2ccccc2)OC1(c1ccccc1)c1ccccc1. The van der Waals surface area contributed by atoms with Gasteiger partial charge in [-0.3, -0.25) is 0 Å². The first-order chi connectivity index (χ1) is 18.8. The number of benzene rings is 5. The lowest BCUT2D eigenvalue weighted by Crippen LogP contribution is -2.62. The molecule has 1 fully saturated rings. The summed E-state index contributed by atoms with van der Waals surface area (Å²) in [5, 5.41) is 0. The van der Waals surface area contributed by atoms with Gasteiger partial charge in [-0.05, 0) is 27.8 Å². The molecule has 0 radical (unpaired) electrons. The molecule has 0 spiro atoms. The fourth-order valence-electron chi connectivity index (χ4n) is 5.90. The summed E-state index contributed by atoms with van der Waals surface area (Å²) in [4.78, 5) is 0. The molecule has 1 aliphatic heterocycles. The highest BCUT2D eigenvalue weighted by atomic mass is 16.6. The van der Waals surface area contributed by atoms with E-state index in [0.29, 0.717) is 6.61 Å². The molecule has 1 saturated heterocycles. The van der Waals surface area contributed by atoms with Gasteiger partial charge in [0.05, 0.1) is 6.61 Å². The lowest BCUT2D eigenvalue weighted by molar-refractivity contribution is -0.299. The zero-order valence-electron chi connectivity index (χ0n) is 21.2. The van der Waals surface area contributed by atoms with Gasteiger partial charge in [-0.1, -0.05) is 164 Å². The van der Waals surface area contributed by atoms with Crippen LogP contribution in [0.15, 0.2) is 164 Å². The fourth-order valence-corrected chi connectivity index (χ4v) is 5.90. The standard InChI is InChI=1S/C36H30O2/c1-2-35(31-22-12-5-13-23-31)36(32-24-14-6-15-25-32,33-26-16-7-17-27-33)38-34(28-37-35,29-18-8-3-9-19-29)30-20-10-4-11-21-30/h2-27H,1,28H2. The Morgan fingerprint density at radius 2 is 0.816 bits per heavy atom. The average molecular weight is 495 g/mol. The topological polar surface area (TPSA) is 18.5 Å². The maximum Gasteiger partial charge on any atom is 0.156 e. The second kappa shape index (κ2) is 9.90. The molecule has 5 aromatic carbocycles. The molecule has 2 nitrogen and oxygen atoms in total. The van der Waals surface area contributed by atoms with E-state index >= 15 is 0 Å². The first-order valence-corrected chi connectivity index (χ1v) is 13.0. The minimum absolute atomic E-state index is 0.309. The van der Waals surface area contributed by atoms with E-state index in [-0.39, 0.29) is 0 Å². The highest BCUT2D eigenvalue weighted by Crippen LogP contribution is 2.59. The van der Waals surface area contributed by atoms with Crippen molar-refractivity contribution in [2.75, 3.05) is 6.61 Å². The highest BCUT2D eigenvalue weighted by molar-refractivity contribution is 5.50. The third-order valence-electron chi connectivity index (χ3n) is 7.68.